The lowest BCUT2D eigenvalue weighted by Crippen LogP contribution is -2.44. The molecule has 2 aromatic carbocycles. The smallest absolute Gasteiger partial charge is 0.255 e. The van der Waals surface area contributed by atoms with Gasteiger partial charge in [0, 0.05) is 43.1 Å². The van der Waals surface area contributed by atoms with Gasteiger partial charge < -0.3 is 25.0 Å². The fraction of sp³-hybridized carbons (Fsp3) is 0.350. The van der Waals surface area contributed by atoms with Gasteiger partial charge >= 0.3 is 0 Å². The number of methoxy groups -OCH3 is 1. The number of carbonyl (C=O) groups excluding carboxylic acids is 1. The first-order chi connectivity index (χ1) is 12.6. The Morgan fingerprint density at radius 3 is 2.42 bits per heavy atom. The molecule has 0 spiro atoms. The van der Waals surface area contributed by atoms with Crippen molar-refractivity contribution < 1.29 is 14.6 Å². The Labute approximate surface area is 154 Å². The second-order valence-corrected chi connectivity index (χ2v) is 6.52. The zero-order valence-corrected chi connectivity index (χ0v) is 15.2. The number of aliphatic hydroxyl groups excluding tert-OH is 1. The summed E-state index contributed by atoms with van der Waals surface area (Å²) >= 11 is 0. The maximum atomic E-state index is 12.5. The highest BCUT2D eigenvalue weighted by Gasteiger charge is 2.14. The molecule has 0 saturated carbocycles. The van der Waals surface area contributed by atoms with Crippen molar-refractivity contribution in [3.05, 3.63) is 53.6 Å². The van der Waals surface area contributed by atoms with E-state index in [1.165, 1.54) is 12.8 Å². The summed E-state index contributed by atoms with van der Waals surface area (Å²) in [5.74, 6) is 0.318. The van der Waals surface area contributed by atoms with E-state index in [2.05, 4.69) is 22.2 Å². The van der Waals surface area contributed by atoms with E-state index in [1.807, 2.05) is 24.3 Å². The third-order valence-corrected chi connectivity index (χ3v) is 4.64. The number of likely N-dealkylation sites (N-methyl/N-ethyl adjacent to an activating group) is 1. The molecular weight excluding hydrogens is 330 g/mol. The van der Waals surface area contributed by atoms with Crippen molar-refractivity contribution in [3.63, 3.8) is 0 Å². The van der Waals surface area contributed by atoms with Crippen LogP contribution in [0, 0.1) is 0 Å². The molecule has 1 heterocycles. The minimum Gasteiger partial charge on any atom is -0.497 e. The minimum atomic E-state index is -0.231. The number of piperazine rings is 1. The molecule has 3 rings (SSSR count). The molecule has 0 aromatic heterocycles. The normalized spacial score (nSPS) is 15.0. The van der Waals surface area contributed by atoms with Crippen molar-refractivity contribution in [1.29, 1.82) is 0 Å². The van der Waals surface area contributed by atoms with E-state index in [-0.39, 0.29) is 12.5 Å². The SMILES string of the molecule is COc1cc(CO)cc(C(=O)Nc2ccc(N3CCN(C)CC3)cc2)c1. The quantitative estimate of drug-likeness (QED) is 0.861. The Morgan fingerprint density at radius 1 is 1.12 bits per heavy atom. The van der Waals surface area contributed by atoms with Gasteiger partial charge in [-0.2, -0.15) is 0 Å². The van der Waals surface area contributed by atoms with Crippen molar-refractivity contribution in [2.45, 2.75) is 6.61 Å². The minimum absolute atomic E-state index is 0.142. The van der Waals surface area contributed by atoms with Crippen LogP contribution in [0.25, 0.3) is 0 Å². The predicted molar refractivity (Wildman–Crippen MR) is 103 cm³/mol. The number of hydrogen-bond acceptors (Lipinski definition) is 5. The third kappa shape index (κ3) is 4.33. The maximum absolute atomic E-state index is 12.5. The van der Waals surface area contributed by atoms with Gasteiger partial charge in [0.05, 0.1) is 13.7 Å². The average molecular weight is 355 g/mol. The van der Waals surface area contributed by atoms with Gasteiger partial charge in [-0.1, -0.05) is 0 Å². The highest BCUT2D eigenvalue weighted by molar-refractivity contribution is 6.04. The fourth-order valence-electron chi connectivity index (χ4n) is 3.02. The third-order valence-electron chi connectivity index (χ3n) is 4.64. The molecule has 1 aliphatic heterocycles. The lowest BCUT2D eigenvalue weighted by molar-refractivity contribution is 0.102. The highest BCUT2D eigenvalue weighted by atomic mass is 16.5. The van der Waals surface area contributed by atoms with Gasteiger partial charge in [0.1, 0.15) is 5.75 Å². The van der Waals surface area contributed by atoms with Gasteiger partial charge in [0.15, 0.2) is 0 Å². The van der Waals surface area contributed by atoms with E-state index in [1.54, 1.807) is 18.2 Å². The van der Waals surface area contributed by atoms with Crippen LogP contribution in [0.3, 0.4) is 0 Å². The van der Waals surface area contributed by atoms with Crippen molar-refractivity contribution in [2.75, 3.05) is 50.6 Å². The van der Waals surface area contributed by atoms with Gasteiger partial charge in [-0.25, -0.2) is 0 Å². The summed E-state index contributed by atoms with van der Waals surface area (Å²) in [6.45, 7) is 3.99. The van der Waals surface area contributed by atoms with E-state index < -0.39 is 0 Å². The number of hydrogen-bond donors (Lipinski definition) is 2. The van der Waals surface area contributed by atoms with Crippen molar-refractivity contribution in [1.82, 2.24) is 4.90 Å². The van der Waals surface area contributed by atoms with Crippen LogP contribution in [-0.2, 0) is 6.61 Å². The summed E-state index contributed by atoms with van der Waals surface area (Å²) in [4.78, 5) is 17.2. The summed E-state index contributed by atoms with van der Waals surface area (Å²) in [6.07, 6.45) is 0. The molecule has 0 radical (unpaired) electrons. The molecule has 0 atom stereocenters. The van der Waals surface area contributed by atoms with Gasteiger partial charge in [-0.3, -0.25) is 4.79 Å². The Kier molecular flexibility index (Phi) is 5.75. The lowest BCUT2D eigenvalue weighted by Gasteiger charge is -2.34. The highest BCUT2D eigenvalue weighted by Crippen LogP contribution is 2.21. The fourth-order valence-corrected chi connectivity index (χ4v) is 3.02. The molecule has 1 amide bonds. The van der Waals surface area contributed by atoms with Gasteiger partial charge in [0.25, 0.3) is 5.91 Å². The first kappa shape index (κ1) is 18.2. The van der Waals surface area contributed by atoms with Crippen LogP contribution in [0.4, 0.5) is 11.4 Å². The van der Waals surface area contributed by atoms with Crippen LogP contribution >= 0.6 is 0 Å². The first-order valence-electron chi connectivity index (χ1n) is 8.73. The largest absolute Gasteiger partial charge is 0.497 e. The number of benzene rings is 2. The Morgan fingerprint density at radius 2 is 1.81 bits per heavy atom. The second-order valence-electron chi connectivity index (χ2n) is 6.52. The maximum Gasteiger partial charge on any atom is 0.255 e. The molecule has 0 aliphatic carbocycles. The molecule has 2 aromatic rings. The van der Waals surface area contributed by atoms with E-state index >= 15 is 0 Å². The molecule has 1 saturated heterocycles. The number of amides is 1. The average Bonchev–Trinajstić information content (AvgIpc) is 2.68. The van der Waals surface area contributed by atoms with Crippen LogP contribution in [0.1, 0.15) is 15.9 Å². The second kappa shape index (κ2) is 8.21. The van der Waals surface area contributed by atoms with Crippen LogP contribution in [0.15, 0.2) is 42.5 Å². The lowest BCUT2D eigenvalue weighted by atomic mass is 10.1. The summed E-state index contributed by atoms with van der Waals surface area (Å²) in [6, 6.07) is 12.9. The number of carbonyl (C=O) groups is 1. The number of nitrogens with zero attached hydrogens (tertiary/aromatic N) is 2. The van der Waals surface area contributed by atoms with Crippen LogP contribution < -0.4 is 15.0 Å². The molecule has 6 nitrogen and oxygen atoms in total. The van der Waals surface area contributed by atoms with Crippen LogP contribution in [-0.4, -0.2) is 56.3 Å². The number of anilines is 2. The van der Waals surface area contributed by atoms with Crippen LogP contribution in [0.2, 0.25) is 0 Å². The van der Waals surface area contributed by atoms with Crippen molar-refractivity contribution >= 4 is 17.3 Å². The van der Waals surface area contributed by atoms with Gasteiger partial charge in [-0.15, -0.1) is 0 Å². The zero-order chi connectivity index (χ0) is 18.5. The summed E-state index contributed by atoms with van der Waals surface area (Å²) < 4.78 is 5.19. The summed E-state index contributed by atoms with van der Waals surface area (Å²) in [5, 5.41) is 12.2. The number of aliphatic hydroxyl groups is 1. The van der Waals surface area contributed by atoms with Gasteiger partial charge in [-0.05, 0) is 55.1 Å². The van der Waals surface area contributed by atoms with E-state index in [9.17, 15) is 9.90 Å². The number of nitrogens with one attached hydrogen (secondary N) is 1. The molecule has 138 valence electrons. The Hall–Kier alpha value is -2.57. The number of rotatable bonds is 5. The molecule has 1 aliphatic rings. The molecular formula is C20H25N3O3. The molecule has 0 unspecified atom stereocenters. The van der Waals surface area contributed by atoms with Crippen molar-refractivity contribution in [3.8, 4) is 5.75 Å². The van der Waals surface area contributed by atoms with E-state index in [4.69, 9.17) is 4.74 Å². The monoisotopic (exact) mass is 355 g/mol. The molecule has 6 heteroatoms. The standard InChI is InChI=1S/C20H25N3O3/c1-22-7-9-23(10-8-22)18-5-3-17(4-6-18)21-20(25)16-11-15(14-24)12-19(13-16)26-2/h3-6,11-13,24H,7-10,14H2,1-2H3,(H,21,25). The Balaban J connectivity index is 1.68. The van der Waals surface area contributed by atoms with Crippen LogP contribution in [0.5, 0.6) is 5.75 Å². The van der Waals surface area contributed by atoms with Crippen molar-refractivity contribution in [2.24, 2.45) is 0 Å². The number of ether oxygens (including phenoxy) is 1. The zero-order valence-electron chi connectivity index (χ0n) is 15.2. The Bertz CT molecular complexity index is 731. The van der Waals surface area contributed by atoms with E-state index in [0.717, 1.165) is 31.9 Å². The molecule has 0 bridgehead atoms. The molecule has 26 heavy (non-hydrogen) atoms. The van der Waals surface area contributed by atoms with E-state index in [0.29, 0.717) is 16.9 Å². The predicted octanol–water partition coefficient (Wildman–Crippen LogP) is 2.19. The first-order valence-corrected chi connectivity index (χ1v) is 8.73. The topological polar surface area (TPSA) is 65.0 Å². The molecule has 1 fully saturated rings. The summed E-state index contributed by atoms with van der Waals surface area (Å²) in [5.41, 5.74) is 3.00. The van der Waals surface area contributed by atoms with Gasteiger partial charge in [0.2, 0.25) is 0 Å². The molecule has 2 N–H and O–H groups in total. The summed E-state index contributed by atoms with van der Waals surface area (Å²) in [7, 11) is 3.67.